The molecule has 0 atom stereocenters. The number of aromatic amines is 1. The van der Waals surface area contributed by atoms with Gasteiger partial charge in [-0.1, -0.05) is 61.9 Å². The number of fused-ring (bicyclic) bond motifs is 1. The Morgan fingerprint density at radius 2 is 1.77 bits per heavy atom. The second-order valence-electron chi connectivity index (χ2n) is 11.5. The molecule has 43 heavy (non-hydrogen) atoms. The zero-order valence-corrected chi connectivity index (χ0v) is 25.2. The molecule has 1 N–H and O–H groups in total. The molecule has 1 aliphatic heterocycles. The topological polar surface area (TPSA) is 89.9 Å². The number of benzene rings is 3. The number of ether oxygens (including phenoxy) is 1. The SMILES string of the molecule is CCCCc1nc(C)n(-c2ccc3c(c2)CC(C)(C)O3)c(=O)c1Cc1ccc(-c2ccccc2-c2nsc(=O)[nH]2)cc1.[KH]. The predicted molar refractivity (Wildman–Crippen MR) is 175 cm³/mol. The van der Waals surface area contributed by atoms with Crippen LogP contribution in [0.2, 0.25) is 0 Å². The molecule has 0 saturated heterocycles. The average Bonchev–Trinajstić information content (AvgIpc) is 3.54. The van der Waals surface area contributed by atoms with E-state index in [1.54, 1.807) is 4.57 Å². The first-order valence-corrected chi connectivity index (χ1v) is 15.2. The van der Waals surface area contributed by atoms with Crippen LogP contribution in [0.1, 0.15) is 61.8 Å². The van der Waals surface area contributed by atoms with Crippen LogP contribution >= 0.6 is 11.5 Å². The van der Waals surface area contributed by atoms with Crippen LogP contribution in [0.5, 0.6) is 5.75 Å². The molecule has 9 heteroatoms. The maximum atomic E-state index is 14.2. The average molecular weight is 619 g/mol. The van der Waals surface area contributed by atoms with Crippen molar-refractivity contribution in [2.24, 2.45) is 0 Å². The van der Waals surface area contributed by atoms with Crippen LogP contribution in [0.4, 0.5) is 0 Å². The summed E-state index contributed by atoms with van der Waals surface area (Å²) in [6.07, 6.45) is 4.07. The number of H-pyrrole nitrogens is 1. The molecule has 0 spiro atoms. The van der Waals surface area contributed by atoms with Gasteiger partial charge in [0.2, 0.25) is 0 Å². The molecule has 0 aliphatic carbocycles. The molecule has 0 amide bonds. The number of rotatable bonds is 8. The van der Waals surface area contributed by atoms with Gasteiger partial charge in [0, 0.05) is 41.1 Å². The third-order valence-corrected chi connectivity index (χ3v) is 8.31. The minimum absolute atomic E-state index is 0. The van der Waals surface area contributed by atoms with Crippen LogP contribution in [-0.4, -0.2) is 75.9 Å². The van der Waals surface area contributed by atoms with Crippen LogP contribution in [-0.2, 0) is 19.3 Å². The zero-order chi connectivity index (χ0) is 29.4. The first-order chi connectivity index (χ1) is 20.2. The second kappa shape index (κ2) is 13.1. The van der Waals surface area contributed by atoms with E-state index in [0.29, 0.717) is 18.1 Å². The van der Waals surface area contributed by atoms with Gasteiger partial charge in [0.15, 0.2) is 5.82 Å². The quantitative estimate of drug-likeness (QED) is 0.215. The number of hydrogen-bond donors (Lipinski definition) is 1. The molecular formula is C34H35KN4O3S. The van der Waals surface area contributed by atoms with Gasteiger partial charge in [-0.05, 0) is 68.5 Å². The summed E-state index contributed by atoms with van der Waals surface area (Å²) in [4.78, 5) is 33.5. The summed E-state index contributed by atoms with van der Waals surface area (Å²) in [6, 6.07) is 22.1. The normalized spacial score (nSPS) is 13.3. The molecule has 216 valence electrons. The molecular weight excluding hydrogens is 584 g/mol. The summed E-state index contributed by atoms with van der Waals surface area (Å²) >= 11 is 0.916. The van der Waals surface area contributed by atoms with Crippen molar-refractivity contribution in [3.05, 3.63) is 115 Å². The number of aromatic nitrogens is 4. The summed E-state index contributed by atoms with van der Waals surface area (Å²) in [5.74, 6) is 2.14. The van der Waals surface area contributed by atoms with Crippen molar-refractivity contribution in [3.8, 4) is 34.0 Å². The maximum absolute atomic E-state index is 14.2. The standard InChI is InChI=1S/C34H34N4O3S.K.H/c1-5-6-11-29-28(32(39)38(21(2)35-29)25-16-17-30-24(19-25)20-34(3,4)41-30)18-22-12-14-23(15-13-22)26-9-7-8-10-27(26)31-36-33(40)42-37-31;;/h7-10,12-17,19H,5-6,11,18,20H2,1-4H3,(H,36,37,40);;. The van der Waals surface area contributed by atoms with E-state index in [9.17, 15) is 9.59 Å². The van der Waals surface area contributed by atoms with Crippen molar-refractivity contribution >= 4 is 62.9 Å². The molecule has 1 aliphatic rings. The molecule has 7 nitrogen and oxygen atoms in total. The molecule has 0 saturated carbocycles. The van der Waals surface area contributed by atoms with E-state index in [2.05, 4.69) is 60.5 Å². The molecule has 0 unspecified atom stereocenters. The summed E-state index contributed by atoms with van der Waals surface area (Å²) in [5.41, 5.74) is 7.18. The summed E-state index contributed by atoms with van der Waals surface area (Å²) < 4.78 is 12.1. The third-order valence-electron chi connectivity index (χ3n) is 7.77. The third kappa shape index (κ3) is 6.72. The van der Waals surface area contributed by atoms with Crippen LogP contribution in [0.3, 0.4) is 0 Å². The summed E-state index contributed by atoms with van der Waals surface area (Å²) in [5, 5.41) is 0. The van der Waals surface area contributed by atoms with Crippen LogP contribution in [0.15, 0.2) is 76.3 Å². The number of unbranched alkanes of at least 4 members (excludes halogenated alkanes) is 1. The Balaban J connectivity index is 0.00000368. The van der Waals surface area contributed by atoms with Gasteiger partial charge in [0.05, 0.1) is 11.4 Å². The summed E-state index contributed by atoms with van der Waals surface area (Å²) in [6.45, 7) is 8.22. The van der Waals surface area contributed by atoms with Gasteiger partial charge in [-0.2, -0.15) is 4.37 Å². The molecule has 0 radical (unpaired) electrons. The van der Waals surface area contributed by atoms with E-state index in [4.69, 9.17) is 9.72 Å². The molecule has 0 bridgehead atoms. The van der Waals surface area contributed by atoms with E-state index in [-0.39, 0.29) is 67.4 Å². The molecule has 5 aromatic rings. The van der Waals surface area contributed by atoms with Crippen LogP contribution in [0.25, 0.3) is 28.2 Å². The fourth-order valence-electron chi connectivity index (χ4n) is 5.78. The zero-order valence-electron chi connectivity index (χ0n) is 24.4. The van der Waals surface area contributed by atoms with Crippen molar-refractivity contribution in [2.75, 3.05) is 0 Å². The number of aryl methyl sites for hydroxylation is 2. The molecule has 3 aromatic carbocycles. The van der Waals surface area contributed by atoms with Gasteiger partial charge in [-0.25, -0.2) is 4.98 Å². The Hall–Kier alpha value is -2.66. The Labute approximate surface area is 298 Å². The number of hydrogen-bond acceptors (Lipinski definition) is 6. The Morgan fingerprint density at radius 1 is 1.02 bits per heavy atom. The fourth-order valence-corrected chi connectivity index (χ4v) is 6.24. The van der Waals surface area contributed by atoms with Crippen LogP contribution < -0.4 is 15.2 Å². The van der Waals surface area contributed by atoms with Gasteiger partial charge in [-0.3, -0.25) is 19.1 Å². The molecule has 2 aromatic heterocycles. The van der Waals surface area contributed by atoms with E-state index in [1.807, 2.05) is 43.3 Å². The molecule has 3 heterocycles. The van der Waals surface area contributed by atoms with E-state index in [1.165, 1.54) is 0 Å². The van der Waals surface area contributed by atoms with E-state index < -0.39 is 0 Å². The number of nitrogens with one attached hydrogen (secondary N) is 1. The van der Waals surface area contributed by atoms with E-state index >= 15 is 0 Å². The van der Waals surface area contributed by atoms with Gasteiger partial charge in [0.1, 0.15) is 17.2 Å². The second-order valence-corrected chi connectivity index (χ2v) is 12.3. The van der Waals surface area contributed by atoms with Gasteiger partial charge in [0.25, 0.3) is 5.56 Å². The predicted octanol–water partition coefficient (Wildman–Crippen LogP) is 6.02. The Morgan fingerprint density at radius 3 is 2.47 bits per heavy atom. The van der Waals surface area contributed by atoms with Gasteiger partial charge < -0.3 is 4.74 Å². The minimum atomic E-state index is -0.251. The van der Waals surface area contributed by atoms with E-state index in [0.717, 1.165) is 87.7 Å². The molecule has 0 fully saturated rings. The van der Waals surface area contributed by atoms with Gasteiger partial charge >= 0.3 is 56.3 Å². The van der Waals surface area contributed by atoms with Gasteiger partial charge in [-0.15, -0.1) is 0 Å². The van der Waals surface area contributed by atoms with Crippen LogP contribution in [0, 0.1) is 6.92 Å². The first kappa shape index (κ1) is 31.8. The Bertz CT molecular complexity index is 1890. The van der Waals surface area contributed by atoms with Crippen molar-refractivity contribution in [1.82, 2.24) is 18.9 Å². The van der Waals surface area contributed by atoms with Crippen molar-refractivity contribution in [3.63, 3.8) is 0 Å². The number of nitrogens with zero attached hydrogens (tertiary/aromatic N) is 3. The van der Waals surface area contributed by atoms with Crippen molar-refractivity contribution < 1.29 is 4.74 Å². The molecule has 6 rings (SSSR count). The first-order valence-electron chi connectivity index (χ1n) is 14.4. The monoisotopic (exact) mass is 618 g/mol. The van der Waals surface area contributed by atoms with Crippen molar-refractivity contribution in [2.45, 2.75) is 65.4 Å². The Kier molecular flexibility index (Phi) is 9.70. The fraction of sp³-hybridized carbons (Fsp3) is 0.294. The van der Waals surface area contributed by atoms with Crippen molar-refractivity contribution in [1.29, 1.82) is 0 Å². The summed E-state index contributed by atoms with van der Waals surface area (Å²) in [7, 11) is 0.